The van der Waals surface area contributed by atoms with E-state index in [0.29, 0.717) is 34.4 Å². The van der Waals surface area contributed by atoms with Gasteiger partial charge < -0.3 is 4.74 Å². The number of carbonyl (C=O) groups excluding carboxylic acids is 2. The van der Waals surface area contributed by atoms with Crippen molar-refractivity contribution in [2.75, 3.05) is 6.54 Å². The minimum atomic E-state index is -0.514. The van der Waals surface area contributed by atoms with Crippen molar-refractivity contribution in [1.29, 1.82) is 0 Å². The molecule has 43 heavy (non-hydrogen) atoms. The zero-order valence-electron chi connectivity index (χ0n) is 25.3. The lowest BCUT2D eigenvalue weighted by Crippen LogP contribution is -2.23. The number of hydrogen-bond acceptors (Lipinski definition) is 4. The Morgan fingerprint density at radius 2 is 1.51 bits per heavy atom. The van der Waals surface area contributed by atoms with Crippen molar-refractivity contribution in [3.05, 3.63) is 117 Å². The number of ether oxygens (including phenoxy) is 1. The normalized spacial score (nSPS) is 17.3. The summed E-state index contributed by atoms with van der Waals surface area (Å²) in [5, 5.41) is 3.81. The number of likely N-dealkylation sites (tertiary alicyclic amines) is 1. The number of halogens is 2. The lowest BCUT2D eigenvalue weighted by Gasteiger charge is -2.25. The summed E-state index contributed by atoms with van der Waals surface area (Å²) in [7, 11) is 0. The third-order valence-electron chi connectivity index (χ3n) is 8.03. The maximum atomic E-state index is 12.8. The van der Waals surface area contributed by atoms with Gasteiger partial charge in [0.15, 0.2) is 5.78 Å². The highest BCUT2D eigenvalue weighted by molar-refractivity contribution is 6.34. The Kier molecular flexibility index (Phi) is 9.60. The van der Waals surface area contributed by atoms with Crippen LogP contribution in [0.4, 0.5) is 0 Å². The van der Waals surface area contributed by atoms with Gasteiger partial charge in [0.05, 0.1) is 0 Å². The van der Waals surface area contributed by atoms with Gasteiger partial charge in [0.2, 0.25) is 0 Å². The lowest BCUT2D eigenvalue weighted by atomic mass is 9.93. The van der Waals surface area contributed by atoms with Crippen LogP contribution in [0.3, 0.4) is 0 Å². The predicted molar refractivity (Wildman–Crippen MR) is 176 cm³/mol. The summed E-state index contributed by atoms with van der Waals surface area (Å²) in [6, 6.07) is 27.4. The predicted octanol–water partition coefficient (Wildman–Crippen LogP) is 9.88. The van der Waals surface area contributed by atoms with Gasteiger partial charge in [-0.25, -0.2) is 0 Å². The second-order valence-corrected chi connectivity index (χ2v) is 13.6. The van der Waals surface area contributed by atoms with Gasteiger partial charge in [0, 0.05) is 47.6 Å². The first-order valence-corrected chi connectivity index (χ1v) is 15.7. The first kappa shape index (κ1) is 31.3. The number of esters is 1. The summed E-state index contributed by atoms with van der Waals surface area (Å²) in [4.78, 5) is 27.3. The number of carbonyl (C=O) groups is 2. The molecule has 1 fully saturated rings. The average molecular weight is 617 g/mol. The first-order chi connectivity index (χ1) is 20.4. The Labute approximate surface area is 264 Å². The smallest absolute Gasteiger partial charge is 0.306 e. The number of fused-ring (bicyclic) bond motifs is 1. The van der Waals surface area contributed by atoms with E-state index < -0.39 is 5.60 Å². The van der Waals surface area contributed by atoms with Crippen LogP contribution in [0.2, 0.25) is 10.0 Å². The fourth-order valence-corrected chi connectivity index (χ4v) is 6.57. The molecule has 2 atom stereocenters. The van der Waals surface area contributed by atoms with Gasteiger partial charge in [-0.15, -0.1) is 0 Å². The number of ketones is 1. The highest BCUT2D eigenvalue weighted by atomic mass is 35.5. The van der Waals surface area contributed by atoms with Gasteiger partial charge in [-0.05, 0) is 98.2 Å². The molecule has 1 aliphatic rings. The topological polar surface area (TPSA) is 46.6 Å². The van der Waals surface area contributed by atoms with E-state index >= 15 is 0 Å². The zero-order chi connectivity index (χ0) is 30.7. The Balaban J connectivity index is 1.31. The molecular formula is C37H39Cl2NO3. The van der Waals surface area contributed by atoms with E-state index in [0.717, 1.165) is 30.6 Å². The summed E-state index contributed by atoms with van der Waals surface area (Å²) in [5.74, 6) is 0.0647. The fourth-order valence-electron chi connectivity index (χ4n) is 6.03. The van der Waals surface area contributed by atoms with Crippen molar-refractivity contribution in [1.82, 2.24) is 4.90 Å². The second kappa shape index (κ2) is 13.2. The molecule has 0 N–H and O–H groups in total. The highest BCUT2D eigenvalue weighted by Crippen LogP contribution is 2.43. The van der Waals surface area contributed by atoms with Crippen LogP contribution in [-0.2, 0) is 16.1 Å². The Morgan fingerprint density at radius 1 is 0.837 bits per heavy atom. The molecule has 0 aliphatic carbocycles. The number of aryl methyl sites for hydroxylation is 1. The molecule has 0 amide bonds. The highest BCUT2D eigenvalue weighted by Gasteiger charge is 2.34. The third-order valence-corrected chi connectivity index (χ3v) is 8.47. The van der Waals surface area contributed by atoms with Gasteiger partial charge in [-0.3, -0.25) is 14.5 Å². The molecule has 1 aliphatic heterocycles. The van der Waals surface area contributed by atoms with E-state index in [1.807, 2.05) is 57.2 Å². The quantitative estimate of drug-likeness (QED) is 0.139. The largest absolute Gasteiger partial charge is 0.460 e. The molecule has 0 bridgehead atoms. The van der Waals surface area contributed by atoms with Crippen molar-refractivity contribution in [2.24, 2.45) is 0 Å². The van der Waals surface area contributed by atoms with Crippen molar-refractivity contribution in [3.8, 4) is 0 Å². The summed E-state index contributed by atoms with van der Waals surface area (Å²) >= 11 is 12.8. The van der Waals surface area contributed by atoms with Crippen LogP contribution in [-0.4, -0.2) is 28.8 Å². The first-order valence-electron chi connectivity index (χ1n) is 15.0. The standard InChI is InChI=1S/C37H39Cl2NO3/c1-24-8-11-28-17-29(15-14-27(28)16-24)34-20-31(30-18-32(38)21-33(39)19-30)23-40(34)22-25-9-12-26(13-10-25)35(41)6-5-7-36(42)43-37(2,3)4/h8-19,21,31,34H,5-7,20,22-23H2,1-4H3/t31-,34-/m1/s1. The number of rotatable bonds is 9. The molecule has 4 aromatic carbocycles. The Hall–Kier alpha value is -3.18. The molecule has 0 radical (unpaired) electrons. The van der Waals surface area contributed by atoms with Gasteiger partial charge in [0.1, 0.15) is 5.60 Å². The molecule has 5 rings (SSSR count). The molecule has 0 aromatic heterocycles. The van der Waals surface area contributed by atoms with Crippen molar-refractivity contribution < 1.29 is 14.3 Å². The van der Waals surface area contributed by atoms with Crippen LogP contribution in [0.5, 0.6) is 0 Å². The summed E-state index contributed by atoms with van der Waals surface area (Å²) < 4.78 is 5.35. The van der Waals surface area contributed by atoms with E-state index in [-0.39, 0.29) is 24.2 Å². The molecular weight excluding hydrogens is 577 g/mol. The van der Waals surface area contributed by atoms with Gasteiger partial charge in [-0.2, -0.15) is 0 Å². The number of hydrogen-bond donors (Lipinski definition) is 0. The minimum Gasteiger partial charge on any atom is -0.460 e. The number of nitrogens with zero attached hydrogens (tertiary/aromatic N) is 1. The van der Waals surface area contributed by atoms with Crippen LogP contribution in [0.1, 0.15) is 91.0 Å². The van der Waals surface area contributed by atoms with Crippen LogP contribution in [0.15, 0.2) is 78.9 Å². The fraction of sp³-hybridized carbons (Fsp3) is 0.351. The Bertz CT molecular complexity index is 1600. The molecule has 4 aromatic rings. The van der Waals surface area contributed by atoms with Crippen LogP contribution >= 0.6 is 23.2 Å². The maximum Gasteiger partial charge on any atom is 0.306 e. The molecule has 0 saturated carbocycles. The van der Waals surface area contributed by atoms with E-state index in [9.17, 15) is 9.59 Å². The number of Topliss-reactive ketones (excluding diaryl/α,β-unsaturated/α-hetero) is 1. The molecule has 4 nitrogen and oxygen atoms in total. The summed E-state index contributed by atoms with van der Waals surface area (Å²) in [6.45, 7) is 9.29. The van der Waals surface area contributed by atoms with Crippen molar-refractivity contribution in [2.45, 2.75) is 77.5 Å². The lowest BCUT2D eigenvalue weighted by molar-refractivity contribution is -0.154. The second-order valence-electron chi connectivity index (χ2n) is 12.8. The van der Waals surface area contributed by atoms with Gasteiger partial charge in [0.25, 0.3) is 0 Å². The van der Waals surface area contributed by atoms with E-state index in [1.165, 1.54) is 21.9 Å². The monoisotopic (exact) mass is 615 g/mol. The van der Waals surface area contributed by atoms with E-state index in [4.69, 9.17) is 27.9 Å². The molecule has 0 unspecified atom stereocenters. The molecule has 1 heterocycles. The van der Waals surface area contributed by atoms with Gasteiger partial charge in [-0.1, -0.05) is 83.4 Å². The number of benzene rings is 4. The van der Waals surface area contributed by atoms with E-state index in [2.05, 4.69) is 48.2 Å². The molecule has 6 heteroatoms. The van der Waals surface area contributed by atoms with Gasteiger partial charge >= 0.3 is 5.97 Å². The van der Waals surface area contributed by atoms with E-state index in [1.54, 1.807) is 6.07 Å². The van der Waals surface area contributed by atoms with Crippen molar-refractivity contribution in [3.63, 3.8) is 0 Å². The summed E-state index contributed by atoms with van der Waals surface area (Å²) in [6.07, 6.45) is 2.00. The third kappa shape index (κ3) is 8.26. The average Bonchev–Trinajstić information content (AvgIpc) is 3.35. The zero-order valence-corrected chi connectivity index (χ0v) is 26.8. The molecule has 1 saturated heterocycles. The molecule has 0 spiro atoms. The maximum absolute atomic E-state index is 12.8. The van der Waals surface area contributed by atoms with Crippen molar-refractivity contribution >= 4 is 45.7 Å². The van der Waals surface area contributed by atoms with Crippen LogP contribution in [0.25, 0.3) is 10.8 Å². The van der Waals surface area contributed by atoms with Crippen LogP contribution in [0, 0.1) is 6.92 Å². The van der Waals surface area contributed by atoms with Crippen LogP contribution < -0.4 is 0 Å². The SMILES string of the molecule is Cc1ccc2cc([C@H]3C[C@@H](c4cc(Cl)cc(Cl)c4)CN3Cc3ccc(C(=O)CCCC(=O)OC(C)(C)C)cc3)ccc2c1. The summed E-state index contributed by atoms with van der Waals surface area (Å²) in [5.41, 5.74) is 5.02. The molecule has 224 valence electrons. The minimum absolute atomic E-state index is 0.0402. The Morgan fingerprint density at radius 3 is 2.21 bits per heavy atom.